The zero-order chi connectivity index (χ0) is 16.9. The van der Waals surface area contributed by atoms with E-state index in [9.17, 15) is 9.59 Å². The van der Waals surface area contributed by atoms with Crippen molar-refractivity contribution in [2.75, 3.05) is 19.6 Å². The maximum atomic E-state index is 12.3. The lowest BCUT2D eigenvalue weighted by atomic mass is 10.0. The molecule has 0 saturated carbocycles. The molecule has 1 aromatic heterocycles. The SMILES string of the molecule is CC(=O)N1CCC[C@@H]1[C@H]1CCCN1CC(=O)NCc1ccccn1. The summed E-state index contributed by atoms with van der Waals surface area (Å²) in [5, 5.41) is 2.95. The standard InChI is InChI=1S/C18H26N4O2/c1-14(23)22-11-5-8-17(22)16-7-4-10-21(16)13-18(24)20-12-15-6-2-3-9-19-15/h2-3,6,9,16-17H,4-5,7-8,10-13H2,1H3,(H,20,24)/t16-,17-/m1/s1. The minimum atomic E-state index is 0.0277. The Hall–Kier alpha value is -1.95. The average molecular weight is 330 g/mol. The Labute approximate surface area is 143 Å². The quantitative estimate of drug-likeness (QED) is 0.880. The summed E-state index contributed by atoms with van der Waals surface area (Å²) in [4.78, 5) is 32.6. The van der Waals surface area contributed by atoms with Gasteiger partial charge in [0.2, 0.25) is 11.8 Å². The molecule has 0 radical (unpaired) electrons. The summed E-state index contributed by atoms with van der Waals surface area (Å²) in [6.07, 6.45) is 6.02. The van der Waals surface area contributed by atoms with Crippen molar-refractivity contribution in [3.05, 3.63) is 30.1 Å². The van der Waals surface area contributed by atoms with Gasteiger partial charge < -0.3 is 10.2 Å². The number of likely N-dealkylation sites (tertiary alicyclic amines) is 2. The van der Waals surface area contributed by atoms with Gasteiger partial charge in [-0.25, -0.2) is 0 Å². The summed E-state index contributed by atoms with van der Waals surface area (Å²) < 4.78 is 0. The molecule has 2 atom stereocenters. The highest BCUT2D eigenvalue weighted by Crippen LogP contribution is 2.29. The fourth-order valence-electron chi connectivity index (χ4n) is 4.00. The smallest absolute Gasteiger partial charge is 0.234 e. The summed E-state index contributed by atoms with van der Waals surface area (Å²) >= 11 is 0. The molecular formula is C18H26N4O2. The monoisotopic (exact) mass is 330 g/mol. The lowest BCUT2D eigenvalue weighted by Gasteiger charge is -2.34. The van der Waals surface area contributed by atoms with Crippen LogP contribution >= 0.6 is 0 Å². The van der Waals surface area contributed by atoms with E-state index < -0.39 is 0 Å². The predicted octanol–water partition coefficient (Wildman–Crippen LogP) is 1.17. The Balaban J connectivity index is 1.54. The summed E-state index contributed by atoms with van der Waals surface area (Å²) in [7, 11) is 0. The number of nitrogens with zero attached hydrogens (tertiary/aromatic N) is 3. The van der Waals surface area contributed by atoms with Crippen LogP contribution in [0.1, 0.15) is 38.3 Å². The summed E-state index contributed by atoms with van der Waals surface area (Å²) in [6, 6.07) is 6.28. The molecule has 2 aliphatic heterocycles. The van der Waals surface area contributed by atoms with Crippen LogP contribution in [0.5, 0.6) is 0 Å². The number of carbonyl (C=O) groups excluding carboxylic acids is 2. The number of amides is 2. The molecule has 130 valence electrons. The van der Waals surface area contributed by atoms with Gasteiger partial charge in [-0.1, -0.05) is 6.07 Å². The molecule has 0 bridgehead atoms. The zero-order valence-electron chi connectivity index (χ0n) is 14.3. The molecule has 2 aliphatic rings. The van der Waals surface area contributed by atoms with E-state index >= 15 is 0 Å². The molecule has 2 fully saturated rings. The van der Waals surface area contributed by atoms with Crippen molar-refractivity contribution in [3.8, 4) is 0 Å². The fraction of sp³-hybridized carbons (Fsp3) is 0.611. The molecule has 6 nitrogen and oxygen atoms in total. The maximum absolute atomic E-state index is 12.3. The minimum Gasteiger partial charge on any atom is -0.349 e. The number of hydrogen-bond acceptors (Lipinski definition) is 4. The second kappa shape index (κ2) is 7.75. The molecule has 0 aromatic carbocycles. The lowest BCUT2D eigenvalue weighted by Crippen LogP contribution is -2.50. The van der Waals surface area contributed by atoms with Gasteiger partial charge in [0.15, 0.2) is 0 Å². The van der Waals surface area contributed by atoms with Crippen LogP contribution in [0.25, 0.3) is 0 Å². The Kier molecular flexibility index (Phi) is 5.45. The third-order valence-electron chi connectivity index (χ3n) is 5.10. The highest BCUT2D eigenvalue weighted by atomic mass is 16.2. The van der Waals surface area contributed by atoms with Crippen LogP contribution in [-0.4, -0.2) is 58.3 Å². The highest BCUT2D eigenvalue weighted by Gasteiger charge is 2.39. The van der Waals surface area contributed by atoms with Gasteiger partial charge in [0.25, 0.3) is 0 Å². The molecular weight excluding hydrogens is 304 g/mol. The zero-order valence-corrected chi connectivity index (χ0v) is 14.3. The van der Waals surface area contributed by atoms with Crippen LogP contribution in [0.15, 0.2) is 24.4 Å². The molecule has 0 aliphatic carbocycles. The van der Waals surface area contributed by atoms with E-state index in [0.717, 1.165) is 44.5 Å². The molecule has 0 unspecified atom stereocenters. The van der Waals surface area contributed by atoms with E-state index in [0.29, 0.717) is 19.1 Å². The Morgan fingerprint density at radius 3 is 2.75 bits per heavy atom. The van der Waals surface area contributed by atoms with Gasteiger partial charge >= 0.3 is 0 Å². The first-order valence-corrected chi connectivity index (χ1v) is 8.83. The number of pyridine rings is 1. The van der Waals surface area contributed by atoms with Crippen LogP contribution in [0.2, 0.25) is 0 Å². The highest BCUT2D eigenvalue weighted by molar-refractivity contribution is 5.78. The Morgan fingerprint density at radius 1 is 1.21 bits per heavy atom. The van der Waals surface area contributed by atoms with Crippen LogP contribution in [0, 0.1) is 0 Å². The molecule has 24 heavy (non-hydrogen) atoms. The number of hydrogen-bond donors (Lipinski definition) is 1. The molecule has 1 N–H and O–H groups in total. The molecule has 1 aromatic rings. The van der Waals surface area contributed by atoms with Crippen LogP contribution < -0.4 is 5.32 Å². The molecule has 2 amide bonds. The largest absolute Gasteiger partial charge is 0.349 e. The van der Waals surface area contributed by atoms with Crippen molar-refractivity contribution in [1.82, 2.24) is 20.1 Å². The van der Waals surface area contributed by atoms with Gasteiger partial charge in [0.05, 0.1) is 18.8 Å². The Morgan fingerprint density at radius 2 is 2.00 bits per heavy atom. The Bertz CT molecular complexity index is 578. The van der Waals surface area contributed by atoms with Gasteiger partial charge in [-0.2, -0.15) is 0 Å². The van der Waals surface area contributed by atoms with Crippen molar-refractivity contribution < 1.29 is 9.59 Å². The van der Waals surface area contributed by atoms with Gasteiger partial charge in [-0.15, -0.1) is 0 Å². The van der Waals surface area contributed by atoms with Crippen LogP contribution in [-0.2, 0) is 16.1 Å². The van der Waals surface area contributed by atoms with Crippen molar-refractivity contribution in [3.63, 3.8) is 0 Å². The maximum Gasteiger partial charge on any atom is 0.234 e. The van der Waals surface area contributed by atoms with E-state index in [4.69, 9.17) is 0 Å². The lowest BCUT2D eigenvalue weighted by molar-refractivity contribution is -0.130. The second-order valence-corrected chi connectivity index (χ2v) is 6.70. The van der Waals surface area contributed by atoms with E-state index in [1.54, 1.807) is 13.1 Å². The average Bonchev–Trinajstić information content (AvgIpc) is 3.22. The van der Waals surface area contributed by atoms with Gasteiger partial charge in [-0.05, 0) is 44.4 Å². The van der Waals surface area contributed by atoms with E-state index in [-0.39, 0.29) is 17.9 Å². The number of nitrogens with one attached hydrogen (secondary N) is 1. The van der Waals surface area contributed by atoms with E-state index in [2.05, 4.69) is 15.2 Å². The molecule has 3 rings (SSSR count). The van der Waals surface area contributed by atoms with Crippen molar-refractivity contribution in [2.24, 2.45) is 0 Å². The van der Waals surface area contributed by atoms with Gasteiger partial charge in [0, 0.05) is 31.7 Å². The number of aromatic nitrogens is 1. The van der Waals surface area contributed by atoms with E-state index in [1.165, 1.54) is 0 Å². The topological polar surface area (TPSA) is 65.5 Å². The first-order chi connectivity index (χ1) is 11.6. The van der Waals surface area contributed by atoms with Crippen LogP contribution in [0.3, 0.4) is 0 Å². The van der Waals surface area contributed by atoms with Gasteiger partial charge in [-0.3, -0.25) is 19.5 Å². The molecule has 3 heterocycles. The van der Waals surface area contributed by atoms with Gasteiger partial charge in [0.1, 0.15) is 0 Å². The first kappa shape index (κ1) is 16.9. The van der Waals surface area contributed by atoms with Crippen molar-refractivity contribution >= 4 is 11.8 Å². The number of carbonyl (C=O) groups is 2. The minimum absolute atomic E-state index is 0.0277. The van der Waals surface area contributed by atoms with Crippen molar-refractivity contribution in [2.45, 2.75) is 51.2 Å². The fourth-order valence-corrected chi connectivity index (χ4v) is 4.00. The summed E-state index contributed by atoms with van der Waals surface area (Å²) in [5.74, 6) is 0.184. The summed E-state index contributed by atoms with van der Waals surface area (Å²) in [5.41, 5.74) is 0.863. The molecule has 2 saturated heterocycles. The summed E-state index contributed by atoms with van der Waals surface area (Å²) in [6.45, 7) is 4.30. The van der Waals surface area contributed by atoms with E-state index in [1.807, 2.05) is 23.1 Å². The normalized spacial score (nSPS) is 24.3. The van der Waals surface area contributed by atoms with Crippen molar-refractivity contribution in [1.29, 1.82) is 0 Å². The molecule has 0 spiro atoms. The first-order valence-electron chi connectivity index (χ1n) is 8.83. The third-order valence-corrected chi connectivity index (χ3v) is 5.10. The number of rotatable bonds is 5. The molecule has 6 heteroatoms. The predicted molar refractivity (Wildman–Crippen MR) is 91.1 cm³/mol. The second-order valence-electron chi connectivity index (χ2n) is 6.70. The third kappa shape index (κ3) is 3.93. The van der Waals surface area contributed by atoms with Crippen LogP contribution in [0.4, 0.5) is 0 Å².